The fraction of sp³-hybridized carbons (Fsp3) is 0.0476. The van der Waals surface area contributed by atoms with Crippen molar-refractivity contribution in [3.8, 4) is 0 Å². The molecule has 1 aliphatic heterocycles. The van der Waals surface area contributed by atoms with E-state index in [-0.39, 0.29) is 4.90 Å². The smallest absolute Gasteiger partial charge is 0.262 e. The summed E-state index contributed by atoms with van der Waals surface area (Å²) in [6.07, 6.45) is 4.75. The van der Waals surface area contributed by atoms with Crippen molar-refractivity contribution in [1.29, 1.82) is 5.41 Å². The van der Waals surface area contributed by atoms with E-state index < -0.39 is 10.0 Å². The minimum absolute atomic E-state index is 0.195. The van der Waals surface area contributed by atoms with Crippen LogP contribution in [0.2, 0.25) is 0 Å². The van der Waals surface area contributed by atoms with Crippen LogP contribution in [-0.4, -0.2) is 25.9 Å². The second-order valence-electron chi connectivity index (χ2n) is 6.78. The number of amidine groups is 1. The molecule has 1 aliphatic rings. The first-order valence-electron chi connectivity index (χ1n) is 9.16. The maximum atomic E-state index is 13.0. The largest absolute Gasteiger partial charge is 0.448 e. The van der Waals surface area contributed by atoms with Crippen LogP contribution in [0.4, 0.5) is 17.3 Å². The van der Waals surface area contributed by atoms with Gasteiger partial charge in [0.2, 0.25) is 5.88 Å². The predicted molar refractivity (Wildman–Crippen MR) is 115 cm³/mol. The molecule has 30 heavy (non-hydrogen) atoms. The molecule has 0 amide bonds. The zero-order valence-corrected chi connectivity index (χ0v) is 16.5. The molecule has 0 saturated heterocycles. The highest BCUT2D eigenvalue weighted by Gasteiger charge is 2.24. The summed E-state index contributed by atoms with van der Waals surface area (Å²) in [7, 11) is -3.78. The van der Waals surface area contributed by atoms with Gasteiger partial charge in [-0.15, -0.1) is 0 Å². The summed E-state index contributed by atoms with van der Waals surface area (Å²) in [6.45, 7) is 0.383. The molecular formula is C21H17N5O3S. The van der Waals surface area contributed by atoms with E-state index >= 15 is 0 Å². The Morgan fingerprint density at radius 3 is 2.77 bits per heavy atom. The summed E-state index contributed by atoms with van der Waals surface area (Å²) < 4.78 is 33.9. The lowest BCUT2D eigenvalue weighted by atomic mass is 10.2. The minimum atomic E-state index is -3.78. The normalized spacial score (nSPS) is 13.7. The van der Waals surface area contributed by atoms with Gasteiger partial charge in [0.15, 0.2) is 0 Å². The lowest BCUT2D eigenvalue weighted by Crippen LogP contribution is -2.39. The molecule has 5 rings (SSSR count). The van der Waals surface area contributed by atoms with Crippen LogP contribution >= 0.6 is 0 Å². The van der Waals surface area contributed by atoms with Gasteiger partial charge in [0.1, 0.15) is 5.84 Å². The predicted octanol–water partition coefficient (Wildman–Crippen LogP) is 3.84. The average molecular weight is 419 g/mol. The first-order chi connectivity index (χ1) is 14.5. The lowest BCUT2D eigenvalue weighted by molar-refractivity contribution is 0.577. The zero-order valence-electron chi connectivity index (χ0n) is 15.7. The Morgan fingerprint density at radius 1 is 1.10 bits per heavy atom. The van der Waals surface area contributed by atoms with Gasteiger partial charge >= 0.3 is 0 Å². The van der Waals surface area contributed by atoms with Crippen molar-refractivity contribution in [1.82, 2.24) is 4.98 Å². The summed E-state index contributed by atoms with van der Waals surface area (Å²) in [4.78, 5) is 6.01. The zero-order chi connectivity index (χ0) is 20.7. The number of benzene rings is 2. The number of nitrogens with zero attached hydrogens (tertiary/aromatic N) is 2. The molecule has 4 aromatic rings. The fourth-order valence-corrected chi connectivity index (χ4v) is 4.76. The topological polar surface area (TPSA) is 111 Å². The molecule has 0 radical (unpaired) electrons. The number of pyridine rings is 1. The molecule has 150 valence electrons. The van der Waals surface area contributed by atoms with Crippen LogP contribution in [0.3, 0.4) is 0 Å². The lowest BCUT2D eigenvalue weighted by Gasteiger charge is -2.29. The van der Waals surface area contributed by atoms with Crippen molar-refractivity contribution in [2.45, 2.75) is 4.90 Å². The Hall–Kier alpha value is -3.85. The van der Waals surface area contributed by atoms with Crippen LogP contribution in [0, 0.1) is 5.41 Å². The highest BCUT2D eigenvalue weighted by atomic mass is 32.2. The Morgan fingerprint density at radius 2 is 1.93 bits per heavy atom. The molecule has 0 spiro atoms. The average Bonchev–Trinajstić information content (AvgIpc) is 3.24. The second kappa shape index (κ2) is 6.89. The van der Waals surface area contributed by atoms with Crippen molar-refractivity contribution >= 4 is 43.9 Å². The number of furan rings is 1. The first kappa shape index (κ1) is 18.2. The highest BCUT2D eigenvalue weighted by molar-refractivity contribution is 7.93. The van der Waals surface area contributed by atoms with Gasteiger partial charge < -0.3 is 14.6 Å². The van der Waals surface area contributed by atoms with Gasteiger partial charge in [0.05, 0.1) is 23.4 Å². The molecule has 2 aromatic heterocycles. The van der Waals surface area contributed by atoms with E-state index in [1.807, 2.05) is 6.07 Å². The van der Waals surface area contributed by atoms with E-state index in [9.17, 15) is 8.42 Å². The molecule has 0 unspecified atom stereocenters. The van der Waals surface area contributed by atoms with E-state index in [1.54, 1.807) is 65.8 Å². The van der Waals surface area contributed by atoms with Crippen LogP contribution in [-0.2, 0) is 10.0 Å². The van der Waals surface area contributed by atoms with Gasteiger partial charge in [-0.25, -0.2) is 8.42 Å². The van der Waals surface area contributed by atoms with Gasteiger partial charge in [0.25, 0.3) is 10.0 Å². The maximum Gasteiger partial charge on any atom is 0.262 e. The molecule has 8 nitrogen and oxygen atoms in total. The first-order valence-corrected chi connectivity index (χ1v) is 10.6. The molecule has 0 aliphatic carbocycles. The number of fused-ring (bicyclic) bond motifs is 2. The summed E-state index contributed by atoms with van der Waals surface area (Å²) in [5, 5.41) is 12.9. The minimum Gasteiger partial charge on any atom is -0.448 e. The van der Waals surface area contributed by atoms with E-state index in [1.165, 1.54) is 6.26 Å². The summed E-state index contributed by atoms with van der Waals surface area (Å²) >= 11 is 0. The molecule has 0 atom stereocenters. The third kappa shape index (κ3) is 3.05. The number of sulfonamides is 1. The quantitative estimate of drug-likeness (QED) is 0.463. The highest BCUT2D eigenvalue weighted by Crippen LogP contribution is 2.29. The van der Waals surface area contributed by atoms with Crippen molar-refractivity contribution in [3.63, 3.8) is 0 Å². The molecule has 0 saturated carbocycles. The number of aromatic nitrogens is 1. The molecule has 9 heteroatoms. The third-order valence-corrected chi connectivity index (χ3v) is 6.39. The van der Waals surface area contributed by atoms with Crippen LogP contribution < -0.4 is 14.9 Å². The number of anilines is 3. The molecule has 3 heterocycles. The van der Waals surface area contributed by atoms with Crippen molar-refractivity contribution in [2.24, 2.45) is 0 Å². The fourth-order valence-electron chi connectivity index (χ4n) is 3.48. The SMILES string of the molecule is N=C1c2ccoc2NCN1c1ccc(NS(=O)(=O)c2cccc3cnccc23)cc1. The van der Waals surface area contributed by atoms with Crippen molar-refractivity contribution < 1.29 is 12.8 Å². The molecule has 3 N–H and O–H groups in total. The summed E-state index contributed by atoms with van der Waals surface area (Å²) in [5.41, 5.74) is 1.88. The van der Waals surface area contributed by atoms with Gasteiger partial charge in [0, 0.05) is 34.5 Å². The van der Waals surface area contributed by atoms with E-state index in [0.29, 0.717) is 35.0 Å². The molecule has 2 aromatic carbocycles. The van der Waals surface area contributed by atoms with Gasteiger partial charge in [-0.05, 0) is 42.5 Å². The summed E-state index contributed by atoms with van der Waals surface area (Å²) in [5.74, 6) is 0.890. The van der Waals surface area contributed by atoms with Crippen LogP contribution in [0.1, 0.15) is 5.56 Å². The second-order valence-corrected chi connectivity index (χ2v) is 8.43. The number of hydrogen-bond donors (Lipinski definition) is 3. The van der Waals surface area contributed by atoms with Crippen LogP contribution in [0.5, 0.6) is 0 Å². The van der Waals surface area contributed by atoms with Crippen molar-refractivity contribution in [2.75, 3.05) is 21.6 Å². The van der Waals surface area contributed by atoms with Crippen LogP contribution in [0.15, 0.2) is 82.6 Å². The van der Waals surface area contributed by atoms with E-state index in [0.717, 1.165) is 11.1 Å². The number of rotatable bonds is 4. The van der Waals surface area contributed by atoms with E-state index in [4.69, 9.17) is 9.83 Å². The Kier molecular flexibility index (Phi) is 4.18. The monoisotopic (exact) mass is 419 g/mol. The Labute approximate surface area is 172 Å². The van der Waals surface area contributed by atoms with Crippen LogP contribution in [0.25, 0.3) is 10.8 Å². The molecule has 0 fully saturated rings. The number of hydrogen-bond acceptors (Lipinski definition) is 6. The third-order valence-electron chi connectivity index (χ3n) is 4.95. The maximum absolute atomic E-state index is 13.0. The number of nitrogens with one attached hydrogen (secondary N) is 3. The standard InChI is InChI=1S/C21H17N5O3S/c22-20-18-9-11-29-21(18)24-13-26(20)16-6-4-15(5-7-16)25-30(27,28)19-3-1-2-14-12-23-10-8-17(14)19/h1-12,22,24-25H,13H2. The van der Waals surface area contributed by atoms with Gasteiger partial charge in [-0.2, -0.15) is 0 Å². The van der Waals surface area contributed by atoms with Gasteiger partial charge in [-0.1, -0.05) is 12.1 Å². The summed E-state index contributed by atoms with van der Waals surface area (Å²) in [6, 6.07) is 15.4. The Bertz CT molecular complexity index is 1360. The molecule has 0 bridgehead atoms. The van der Waals surface area contributed by atoms with Crippen molar-refractivity contribution in [3.05, 3.63) is 78.8 Å². The van der Waals surface area contributed by atoms with Gasteiger partial charge in [-0.3, -0.25) is 15.1 Å². The van der Waals surface area contributed by atoms with E-state index in [2.05, 4.69) is 15.0 Å². The Balaban J connectivity index is 1.41. The molecular weight excluding hydrogens is 402 g/mol.